The quantitative estimate of drug-likeness (QED) is 0.754. The van der Waals surface area contributed by atoms with Crippen molar-refractivity contribution in [2.75, 3.05) is 5.32 Å². The van der Waals surface area contributed by atoms with E-state index in [1.165, 1.54) is 36.3 Å². The van der Waals surface area contributed by atoms with Crippen molar-refractivity contribution in [2.45, 2.75) is 44.9 Å². The Kier molecular flexibility index (Phi) is 4.74. The maximum atomic E-state index is 12.5. The van der Waals surface area contributed by atoms with E-state index in [-0.39, 0.29) is 5.91 Å². The lowest BCUT2D eigenvalue weighted by molar-refractivity contribution is -0.115. The number of para-hydroxylation sites is 1. The minimum Gasteiger partial charge on any atom is -0.302 e. The van der Waals surface area contributed by atoms with Crippen molar-refractivity contribution >= 4 is 33.3 Å². The second-order valence-corrected chi connectivity index (χ2v) is 7.60. The lowest BCUT2D eigenvalue weighted by Crippen LogP contribution is -2.14. The van der Waals surface area contributed by atoms with Crippen LogP contribution in [0.4, 0.5) is 5.13 Å². The van der Waals surface area contributed by atoms with Crippen LogP contribution in [-0.2, 0) is 24.1 Å². The molecule has 2 aromatic heterocycles. The summed E-state index contributed by atoms with van der Waals surface area (Å²) in [6, 6.07) is 9.89. The summed E-state index contributed by atoms with van der Waals surface area (Å²) in [6.07, 6.45) is 9.23. The molecule has 0 spiro atoms. The van der Waals surface area contributed by atoms with E-state index in [1.54, 1.807) is 17.5 Å². The van der Waals surface area contributed by atoms with Gasteiger partial charge in [0.15, 0.2) is 5.13 Å². The number of nitrogens with zero attached hydrogens (tertiary/aromatic N) is 2. The average Bonchev–Trinajstić information content (AvgIpc) is 2.96. The third-order valence-corrected chi connectivity index (χ3v) is 5.73. The van der Waals surface area contributed by atoms with Crippen LogP contribution < -0.4 is 5.32 Å². The van der Waals surface area contributed by atoms with E-state index >= 15 is 0 Å². The third-order valence-electron chi connectivity index (χ3n) is 4.66. The first kappa shape index (κ1) is 16.2. The molecule has 0 atom stereocenters. The lowest BCUT2D eigenvalue weighted by Gasteiger charge is -2.06. The maximum absolute atomic E-state index is 12.5. The molecule has 1 aromatic carbocycles. The van der Waals surface area contributed by atoms with Gasteiger partial charge in [0.05, 0.1) is 17.6 Å². The predicted octanol–water partition coefficient (Wildman–Crippen LogP) is 4.53. The second kappa shape index (κ2) is 7.31. The number of carbonyl (C=O) groups excluding carboxylic acids is 1. The molecular formula is C20H21N3OS. The van der Waals surface area contributed by atoms with Gasteiger partial charge in [0, 0.05) is 16.5 Å². The molecule has 4 nitrogen and oxygen atoms in total. The third kappa shape index (κ3) is 3.71. The van der Waals surface area contributed by atoms with Gasteiger partial charge >= 0.3 is 0 Å². The summed E-state index contributed by atoms with van der Waals surface area (Å²) in [5.41, 5.74) is 3.03. The first-order chi connectivity index (χ1) is 12.3. The summed E-state index contributed by atoms with van der Waals surface area (Å²) >= 11 is 1.64. The molecule has 0 bridgehead atoms. The van der Waals surface area contributed by atoms with E-state index in [0.717, 1.165) is 34.4 Å². The first-order valence-corrected chi connectivity index (χ1v) is 9.72. The van der Waals surface area contributed by atoms with E-state index in [0.29, 0.717) is 6.42 Å². The average molecular weight is 351 g/mol. The van der Waals surface area contributed by atoms with Crippen LogP contribution in [0.15, 0.2) is 36.5 Å². The van der Waals surface area contributed by atoms with Gasteiger partial charge in [-0.05, 0) is 37.3 Å². The Morgan fingerprint density at radius 2 is 1.92 bits per heavy atom. The fourth-order valence-corrected chi connectivity index (χ4v) is 4.47. The molecule has 5 heteroatoms. The molecule has 0 radical (unpaired) electrons. The van der Waals surface area contributed by atoms with Crippen molar-refractivity contribution < 1.29 is 4.79 Å². The minimum absolute atomic E-state index is 0.0279. The number of pyridine rings is 1. The molecule has 1 amide bonds. The fourth-order valence-electron chi connectivity index (χ4n) is 3.41. The van der Waals surface area contributed by atoms with Crippen LogP contribution >= 0.6 is 11.3 Å². The lowest BCUT2D eigenvalue weighted by atomic mass is 10.0. The molecule has 0 unspecified atom stereocenters. The highest BCUT2D eigenvalue weighted by molar-refractivity contribution is 7.15. The van der Waals surface area contributed by atoms with Crippen LogP contribution in [0.1, 0.15) is 41.8 Å². The van der Waals surface area contributed by atoms with E-state index in [4.69, 9.17) is 0 Å². The molecule has 1 N–H and O–H groups in total. The number of rotatable bonds is 3. The molecule has 4 rings (SSSR count). The Morgan fingerprint density at radius 3 is 2.84 bits per heavy atom. The number of aromatic nitrogens is 2. The number of carbonyl (C=O) groups is 1. The van der Waals surface area contributed by atoms with Crippen molar-refractivity contribution in [3.05, 3.63) is 52.7 Å². The minimum atomic E-state index is -0.0279. The monoisotopic (exact) mass is 351 g/mol. The summed E-state index contributed by atoms with van der Waals surface area (Å²) in [4.78, 5) is 22.9. The highest BCUT2D eigenvalue weighted by Gasteiger charge is 2.15. The van der Waals surface area contributed by atoms with E-state index < -0.39 is 0 Å². The SMILES string of the molecule is O=C(Cc1cccc2cccnc12)Nc1nc2c(s1)CCCCCC2. The van der Waals surface area contributed by atoms with Gasteiger partial charge in [0.2, 0.25) is 5.91 Å². The Bertz CT molecular complexity index is 872. The number of amides is 1. The summed E-state index contributed by atoms with van der Waals surface area (Å²) in [5.74, 6) is -0.0279. The van der Waals surface area contributed by atoms with Gasteiger partial charge in [-0.1, -0.05) is 37.1 Å². The molecule has 0 aliphatic heterocycles. The van der Waals surface area contributed by atoms with Crippen molar-refractivity contribution in [1.29, 1.82) is 0 Å². The smallest absolute Gasteiger partial charge is 0.230 e. The molecule has 0 saturated carbocycles. The zero-order valence-corrected chi connectivity index (χ0v) is 14.9. The largest absolute Gasteiger partial charge is 0.302 e. The standard InChI is InChI=1S/C20H21N3OS/c24-18(13-15-8-5-7-14-9-6-12-21-19(14)15)23-20-22-16-10-3-1-2-4-11-17(16)25-20/h5-9,12H,1-4,10-11,13H2,(H,22,23,24). The van der Waals surface area contributed by atoms with Crippen molar-refractivity contribution in [1.82, 2.24) is 9.97 Å². The summed E-state index contributed by atoms with van der Waals surface area (Å²) in [5, 5.41) is 4.79. The van der Waals surface area contributed by atoms with Crippen LogP contribution in [0, 0.1) is 0 Å². The molecule has 25 heavy (non-hydrogen) atoms. The van der Waals surface area contributed by atoms with Crippen molar-refractivity contribution in [3.8, 4) is 0 Å². The molecule has 128 valence electrons. The van der Waals surface area contributed by atoms with Crippen molar-refractivity contribution in [2.24, 2.45) is 0 Å². The summed E-state index contributed by atoms with van der Waals surface area (Å²) < 4.78 is 0. The molecule has 1 aliphatic carbocycles. The number of anilines is 1. The van der Waals surface area contributed by atoms with Crippen molar-refractivity contribution in [3.63, 3.8) is 0 Å². The van der Waals surface area contributed by atoms with Gasteiger partial charge in [0.25, 0.3) is 0 Å². The zero-order valence-electron chi connectivity index (χ0n) is 14.1. The predicted molar refractivity (Wildman–Crippen MR) is 102 cm³/mol. The topological polar surface area (TPSA) is 54.9 Å². The van der Waals surface area contributed by atoms with E-state index in [2.05, 4.69) is 15.3 Å². The zero-order chi connectivity index (χ0) is 17.1. The molecule has 1 aliphatic rings. The Hall–Kier alpha value is -2.27. The second-order valence-electron chi connectivity index (χ2n) is 6.52. The summed E-state index contributed by atoms with van der Waals surface area (Å²) in [6.45, 7) is 0. The molecular weight excluding hydrogens is 330 g/mol. The normalized spacial score (nSPS) is 14.6. The molecule has 3 aromatic rings. The summed E-state index contributed by atoms with van der Waals surface area (Å²) in [7, 11) is 0. The molecule has 0 fully saturated rings. The van der Waals surface area contributed by atoms with Gasteiger partial charge in [-0.3, -0.25) is 9.78 Å². The van der Waals surface area contributed by atoms with E-state index in [9.17, 15) is 4.79 Å². The number of hydrogen-bond donors (Lipinski definition) is 1. The molecule has 0 saturated heterocycles. The van der Waals surface area contributed by atoms with Crippen LogP contribution in [0.5, 0.6) is 0 Å². The van der Waals surface area contributed by atoms with E-state index in [1.807, 2.05) is 30.3 Å². The van der Waals surface area contributed by atoms with Gasteiger partial charge in [-0.2, -0.15) is 0 Å². The van der Waals surface area contributed by atoms with Crippen LogP contribution in [0.2, 0.25) is 0 Å². The van der Waals surface area contributed by atoms with Gasteiger partial charge in [-0.25, -0.2) is 4.98 Å². The van der Waals surface area contributed by atoms with Crippen LogP contribution in [-0.4, -0.2) is 15.9 Å². The fraction of sp³-hybridized carbons (Fsp3) is 0.350. The highest BCUT2D eigenvalue weighted by Crippen LogP contribution is 2.28. The molecule has 2 heterocycles. The van der Waals surface area contributed by atoms with Gasteiger partial charge in [0.1, 0.15) is 0 Å². The maximum Gasteiger partial charge on any atom is 0.230 e. The number of benzene rings is 1. The van der Waals surface area contributed by atoms with Crippen LogP contribution in [0.25, 0.3) is 10.9 Å². The Morgan fingerprint density at radius 1 is 1.08 bits per heavy atom. The van der Waals surface area contributed by atoms with Crippen LogP contribution in [0.3, 0.4) is 0 Å². The van der Waals surface area contributed by atoms with Gasteiger partial charge in [-0.15, -0.1) is 11.3 Å². The highest BCUT2D eigenvalue weighted by atomic mass is 32.1. The number of hydrogen-bond acceptors (Lipinski definition) is 4. The number of nitrogens with one attached hydrogen (secondary N) is 1. The number of thiazole rings is 1. The number of aryl methyl sites for hydroxylation is 2. The number of fused-ring (bicyclic) bond motifs is 2. The first-order valence-electron chi connectivity index (χ1n) is 8.90. The Balaban J connectivity index is 1.49. The van der Waals surface area contributed by atoms with Gasteiger partial charge < -0.3 is 5.32 Å². The Labute approximate surface area is 151 Å².